The van der Waals surface area contributed by atoms with Gasteiger partial charge in [0.1, 0.15) is 23.2 Å². The van der Waals surface area contributed by atoms with Gasteiger partial charge in [0, 0.05) is 29.5 Å². The molecule has 2 aromatic rings. The molecule has 2 aliphatic heterocycles. The first-order valence-corrected chi connectivity index (χ1v) is 15.8. The summed E-state index contributed by atoms with van der Waals surface area (Å²) in [5, 5.41) is 29.1. The Kier molecular flexibility index (Phi) is 9.41. The van der Waals surface area contributed by atoms with Crippen LogP contribution in [0.3, 0.4) is 0 Å². The maximum absolute atomic E-state index is 14.1. The molecule has 3 aliphatic rings. The Morgan fingerprint density at radius 1 is 1.18 bits per heavy atom. The normalized spacial score (nSPS) is 27.4. The van der Waals surface area contributed by atoms with Crippen molar-refractivity contribution in [3.63, 3.8) is 0 Å². The van der Waals surface area contributed by atoms with E-state index >= 15 is 0 Å². The van der Waals surface area contributed by atoms with Crippen molar-refractivity contribution in [2.45, 2.75) is 95.0 Å². The number of tetrazole rings is 1. The van der Waals surface area contributed by atoms with Crippen molar-refractivity contribution in [3.8, 4) is 11.4 Å². The highest BCUT2D eigenvalue weighted by atomic mass is 35.5. The molecule has 1 aromatic carbocycles. The Labute approximate surface area is 270 Å². The molecule has 1 aromatic heterocycles. The van der Waals surface area contributed by atoms with Crippen molar-refractivity contribution in [2.24, 2.45) is 5.92 Å². The monoisotopic (exact) mass is 661 g/mol. The number of nitrogens with zero attached hydrogens (tertiary/aromatic N) is 5. The van der Waals surface area contributed by atoms with Crippen molar-refractivity contribution >= 4 is 47.1 Å². The number of amides is 3. The molecule has 0 spiro atoms. The van der Waals surface area contributed by atoms with Gasteiger partial charge in [-0.3, -0.25) is 9.59 Å². The summed E-state index contributed by atoms with van der Waals surface area (Å²) in [6, 6.07) is 2.28. The van der Waals surface area contributed by atoms with Gasteiger partial charge < -0.3 is 25.4 Å². The molecule has 3 N–H and O–H groups in total. The van der Waals surface area contributed by atoms with Crippen LogP contribution in [-0.4, -0.2) is 83.9 Å². The zero-order valence-corrected chi connectivity index (χ0v) is 26.8. The Bertz CT molecular complexity index is 1510. The number of nitrogens with one attached hydrogen (secondary N) is 2. The van der Waals surface area contributed by atoms with Crippen LogP contribution in [0.15, 0.2) is 30.4 Å². The van der Waals surface area contributed by atoms with Gasteiger partial charge >= 0.3 is 12.1 Å². The van der Waals surface area contributed by atoms with Gasteiger partial charge in [0.15, 0.2) is 0 Å². The predicted molar refractivity (Wildman–Crippen MR) is 164 cm³/mol. The van der Waals surface area contributed by atoms with E-state index in [1.807, 2.05) is 12.2 Å². The number of allylic oxidation sites excluding steroid dienone is 1. The summed E-state index contributed by atoms with van der Waals surface area (Å²) in [5.74, 6) is -2.32. The average molecular weight is 663 g/mol. The molecular weight excluding hydrogens is 625 g/mol. The third-order valence-electron chi connectivity index (χ3n) is 8.26. The number of benzene rings is 1. The molecule has 1 saturated carbocycles. The maximum Gasteiger partial charge on any atom is 0.408 e. The van der Waals surface area contributed by atoms with E-state index in [0.29, 0.717) is 28.5 Å². The third-order valence-corrected chi connectivity index (χ3v) is 8.80. The van der Waals surface area contributed by atoms with Crippen LogP contribution in [0.5, 0.6) is 0 Å². The summed E-state index contributed by atoms with van der Waals surface area (Å²) >= 11 is 12.4. The molecule has 242 valence electrons. The summed E-state index contributed by atoms with van der Waals surface area (Å²) in [4.78, 5) is 55.8. The number of hydrogen-bond acceptors (Lipinski definition) is 8. The van der Waals surface area contributed by atoms with Crippen LogP contribution in [0.2, 0.25) is 10.0 Å². The topological polar surface area (TPSA) is 169 Å². The van der Waals surface area contributed by atoms with E-state index < -0.39 is 53.1 Å². The molecule has 0 radical (unpaired) electrons. The number of carbonyl (C=O) groups is 4. The summed E-state index contributed by atoms with van der Waals surface area (Å²) < 4.78 is 5.43. The Morgan fingerprint density at radius 2 is 1.96 bits per heavy atom. The first-order chi connectivity index (χ1) is 21.3. The number of aliphatic carboxylic acids is 1. The molecule has 3 heterocycles. The van der Waals surface area contributed by atoms with Gasteiger partial charge in [0.05, 0.1) is 11.1 Å². The number of aromatic nitrogens is 4. The van der Waals surface area contributed by atoms with E-state index in [1.54, 1.807) is 39.0 Å². The molecule has 0 bridgehead atoms. The lowest BCUT2D eigenvalue weighted by molar-refractivity contribution is -0.145. The van der Waals surface area contributed by atoms with E-state index in [2.05, 4.69) is 26.0 Å². The maximum atomic E-state index is 14.1. The van der Waals surface area contributed by atoms with E-state index in [1.165, 1.54) is 9.70 Å². The van der Waals surface area contributed by atoms with Crippen molar-refractivity contribution in [1.82, 2.24) is 35.7 Å². The Balaban J connectivity index is 1.45. The first kappa shape index (κ1) is 32.7. The minimum Gasteiger partial charge on any atom is -0.479 e. The standard InChI is InChI=1S/C30H37Cl2N7O6/c1-29(2,3)45-28(44)33-22-10-8-6-4-5-7-9-17-15-30(17,27(42)43)34-25(40)23-14-19(16-38(23)26(22)41)39-36-24(35-37-39)20-12-11-18(31)13-21(20)32/h7,9,11-13,17,19,22-23H,4-6,8,10,14-16H2,1-3H3,(H,33,44)(H,34,40)(H,42,43)/t17-,19-,22+,23+,30-/m1/s1. The molecule has 45 heavy (non-hydrogen) atoms. The molecule has 1 aliphatic carbocycles. The second-order valence-corrected chi connectivity index (χ2v) is 13.6. The fourth-order valence-electron chi connectivity index (χ4n) is 5.85. The minimum absolute atomic E-state index is 0.0248. The zero-order valence-electron chi connectivity index (χ0n) is 25.3. The predicted octanol–water partition coefficient (Wildman–Crippen LogP) is 4.16. The number of carbonyl (C=O) groups excluding carboxylic acids is 3. The number of fused-ring (bicyclic) bond motifs is 2. The van der Waals surface area contributed by atoms with E-state index in [4.69, 9.17) is 27.9 Å². The minimum atomic E-state index is -1.45. The SMILES string of the molecule is CC(C)(C)OC(=O)N[C@H]1CCCCCC=C[C@@H]2C[C@@]2(C(=O)O)NC(=O)[C@@H]2C[C@@H](n3nnc(-c4ccc(Cl)cc4Cl)n3)CN2C1=O. The number of rotatable bonds is 4. The molecule has 13 nitrogen and oxygen atoms in total. The molecule has 0 unspecified atom stereocenters. The summed E-state index contributed by atoms with van der Waals surface area (Å²) in [5.41, 5.74) is -1.72. The lowest BCUT2D eigenvalue weighted by atomic mass is 10.0. The van der Waals surface area contributed by atoms with Crippen LogP contribution >= 0.6 is 23.2 Å². The highest BCUT2D eigenvalue weighted by Gasteiger charge is 2.61. The third kappa shape index (κ3) is 7.41. The summed E-state index contributed by atoms with van der Waals surface area (Å²) in [6.45, 7) is 5.20. The fourth-order valence-corrected chi connectivity index (χ4v) is 6.35. The average Bonchev–Trinajstić information content (AvgIpc) is 3.26. The van der Waals surface area contributed by atoms with Gasteiger partial charge in [-0.15, -0.1) is 10.2 Å². The molecule has 5 atom stereocenters. The number of alkyl carbamates (subject to hydrolysis) is 1. The van der Waals surface area contributed by atoms with Crippen molar-refractivity contribution < 1.29 is 29.0 Å². The number of hydrogen-bond donors (Lipinski definition) is 3. The lowest BCUT2D eigenvalue weighted by Gasteiger charge is -2.30. The molecule has 2 fully saturated rings. The van der Waals surface area contributed by atoms with Crippen LogP contribution in [-0.2, 0) is 19.1 Å². The van der Waals surface area contributed by atoms with Gasteiger partial charge in [0.25, 0.3) is 0 Å². The van der Waals surface area contributed by atoms with Crippen LogP contribution in [0, 0.1) is 5.92 Å². The highest BCUT2D eigenvalue weighted by Crippen LogP contribution is 2.45. The second-order valence-electron chi connectivity index (χ2n) is 12.8. The smallest absolute Gasteiger partial charge is 0.408 e. The Hall–Kier alpha value is -3.71. The van der Waals surface area contributed by atoms with Crippen LogP contribution in [0.4, 0.5) is 4.79 Å². The van der Waals surface area contributed by atoms with Crippen LogP contribution in [0.25, 0.3) is 11.4 Å². The van der Waals surface area contributed by atoms with Gasteiger partial charge in [-0.1, -0.05) is 48.2 Å². The van der Waals surface area contributed by atoms with Crippen molar-refractivity contribution in [1.29, 1.82) is 0 Å². The number of carboxylic acids is 1. The fraction of sp³-hybridized carbons (Fsp3) is 0.567. The van der Waals surface area contributed by atoms with Crippen LogP contribution in [0.1, 0.15) is 71.8 Å². The second kappa shape index (κ2) is 13.0. The van der Waals surface area contributed by atoms with Crippen molar-refractivity contribution in [2.75, 3.05) is 6.54 Å². The molecular formula is C30H37Cl2N7O6. The molecule has 1 saturated heterocycles. The van der Waals surface area contributed by atoms with Gasteiger partial charge in [-0.25, -0.2) is 9.59 Å². The van der Waals surface area contributed by atoms with E-state index in [-0.39, 0.29) is 31.1 Å². The van der Waals surface area contributed by atoms with E-state index in [0.717, 1.165) is 19.3 Å². The van der Waals surface area contributed by atoms with Gasteiger partial charge in [-0.2, -0.15) is 4.80 Å². The van der Waals surface area contributed by atoms with E-state index in [9.17, 15) is 24.3 Å². The van der Waals surface area contributed by atoms with Gasteiger partial charge in [-0.05, 0) is 69.9 Å². The number of carboxylic acid groups (broad SMARTS) is 1. The van der Waals surface area contributed by atoms with Gasteiger partial charge in [0.2, 0.25) is 17.6 Å². The number of ether oxygens (including phenoxy) is 1. The molecule has 15 heteroatoms. The van der Waals surface area contributed by atoms with Crippen molar-refractivity contribution in [3.05, 3.63) is 40.4 Å². The summed E-state index contributed by atoms with van der Waals surface area (Å²) in [7, 11) is 0. The largest absolute Gasteiger partial charge is 0.479 e. The Morgan fingerprint density at radius 3 is 2.67 bits per heavy atom. The first-order valence-electron chi connectivity index (χ1n) is 15.0. The lowest BCUT2D eigenvalue weighted by Crippen LogP contribution is -2.56. The quantitative estimate of drug-likeness (QED) is 0.407. The zero-order chi connectivity index (χ0) is 32.5. The highest BCUT2D eigenvalue weighted by molar-refractivity contribution is 6.36. The molecule has 3 amide bonds. The molecule has 5 rings (SSSR count). The summed E-state index contributed by atoms with van der Waals surface area (Å²) in [6.07, 6.45) is 6.74. The van der Waals surface area contributed by atoms with Crippen LogP contribution < -0.4 is 10.6 Å². The number of halogens is 2.